The summed E-state index contributed by atoms with van der Waals surface area (Å²) in [6.07, 6.45) is 0.303. The summed E-state index contributed by atoms with van der Waals surface area (Å²) in [6.45, 7) is 1.73. The molecule has 3 heteroatoms. The normalized spacial score (nSPS) is 11.3. The average Bonchev–Trinajstić information content (AvgIpc) is 2.97. The summed E-state index contributed by atoms with van der Waals surface area (Å²) in [4.78, 5) is 0. The molecule has 0 heterocycles. The molecular weight excluding hydrogens is 459 g/mol. The van der Waals surface area contributed by atoms with Gasteiger partial charge in [0.1, 0.15) is 28.5 Å². The van der Waals surface area contributed by atoms with E-state index in [1.54, 1.807) is 31.2 Å². The van der Waals surface area contributed by atoms with E-state index in [1.807, 2.05) is 6.07 Å². The second-order valence-electron chi connectivity index (χ2n) is 8.55. The molecule has 0 amide bonds. The third-order valence-corrected chi connectivity index (χ3v) is 10.6. The minimum Gasteiger partial charge on any atom is -0.362 e. The van der Waals surface area contributed by atoms with Gasteiger partial charge in [0.2, 0.25) is 0 Å². The minimum atomic E-state index is -1.91. The van der Waals surface area contributed by atoms with Gasteiger partial charge >= 0.3 is 0 Å². The number of hydrogen-bond acceptors (Lipinski definition) is 2. The zero-order valence-electron chi connectivity index (χ0n) is 20.5. The van der Waals surface area contributed by atoms with Crippen LogP contribution in [0.1, 0.15) is 18.9 Å². The molecule has 0 fully saturated rings. The Hall–Kier alpha value is -3.55. The summed E-state index contributed by atoms with van der Waals surface area (Å²) in [7, 11) is -1.91. The van der Waals surface area contributed by atoms with Gasteiger partial charge in [-0.25, -0.2) is 0 Å². The van der Waals surface area contributed by atoms with Crippen LogP contribution in [0.2, 0.25) is 0 Å². The fraction of sp³-hybridized carbons (Fsp3) is 0.0909. The molecule has 0 spiro atoms. The van der Waals surface area contributed by atoms with Crippen molar-refractivity contribution in [3.05, 3.63) is 157 Å². The van der Waals surface area contributed by atoms with Gasteiger partial charge in [0.25, 0.3) is 0 Å². The van der Waals surface area contributed by atoms with Crippen molar-refractivity contribution in [3.8, 4) is 0 Å². The van der Waals surface area contributed by atoms with Crippen LogP contribution in [0.3, 0.4) is 0 Å². The topological polar surface area (TPSA) is 40.5 Å². The van der Waals surface area contributed by atoms with Gasteiger partial charge in [0, 0.05) is 12.0 Å². The van der Waals surface area contributed by atoms with Crippen LogP contribution in [0.15, 0.2) is 152 Å². The maximum absolute atomic E-state index is 9.35. The Morgan fingerprint density at radius 3 is 0.944 bits per heavy atom. The lowest BCUT2D eigenvalue weighted by atomic mass is 10.0. The summed E-state index contributed by atoms with van der Waals surface area (Å²) in [5.41, 5.74) is 0.544. The Kier molecular flexibility index (Phi) is 8.46. The summed E-state index contributed by atoms with van der Waals surface area (Å²) in [5.74, 6) is -1.67. The largest absolute Gasteiger partial charge is 0.362 e. The van der Waals surface area contributed by atoms with Gasteiger partial charge in [0.05, 0.1) is 0 Å². The maximum atomic E-state index is 9.35. The fourth-order valence-electron chi connectivity index (χ4n) is 4.41. The first-order valence-corrected chi connectivity index (χ1v) is 14.0. The molecule has 0 radical (unpaired) electrons. The van der Waals surface area contributed by atoms with Crippen LogP contribution in [0.25, 0.3) is 0 Å². The molecule has 0 unspecified atom stereocenters. The molecule has 0 aliphatic rings. The van der Waals surface area contributed by atoms with E-state index in [1.165, 1.54) is 21.2 Å². The monoisotopic (exact) mass is 491 g/mol. The third-order valence-electron chi connectivity index (χ3n) is 6.30. The van der Waals surface area contributed by atoms with E-state index in [4.69, 9.17) is 0 Å². The standard InChI is InChI=1S/C24H20P.C9H12O2/c1-5-13-21(14-6-1)25(22-15-7-2-8-16-22,23-17-9-3-10-18-23)24-19-11-4-12-20-24;1-2-9(10,11)8-6-4-3-5-7-8/h1-20H;3-7,10-11H,2H2,1H3/q+1;. The van der Waals surface area contributed by atoms with Crippen molar-refractivity contribution in [2.24, 2.45) is 0 Å². The highest BCUT2D eigenvalue weighted by Gasteiger charge is 2.47. The molecular formula is C33H32O2P+. The quantitative estimate of drug-likeness (QED) is 0.242. The van der Waals surface area contributed by atoms with E-state index in [-0.39, 0.29) is 0 Å². The first kappa shape index (κ1) is 25.5. The molecule has 0 aromatic heterocycles. The second-order valence-corrected chi connectivity index (χ2v) is 12.0. The Morgan fingerprint density at radius 2 is 0.694 bits per heavy atom. The lowest BCUT2D eigenvalue weighted by Crippen LogP contribution is -2.38. The van der Waals surface area contributed by atoms with Crippen molar-refractivity contribution >= 4 is 28.5 Å². The van der Waals surface area contributed by atoms with Crippen LogP contribution >= 0.6 is 7.26 Å². The third kappa shape index (κ3) is 5.48. The zero-order chi connectivity index (χ0) is 25.3. The summed E-state index contributed by atoms with van der Waals surface area (Å²) < 4.78 is 0. The SMILES string of the molecule is CCC(O)(O)c1ccccc1.c1ccc([P+](c2ccccc2)(c2ccccc2)c2ccccc2)cc1. The molecule has 0 aliphatic carbocycles. The van der Waals surface area contributed by atoms with Crippen LogP contribution < -0.4 is 21.2 Å². The zero-order valence-corrected chi connectivity index (χ0v) is 21.4. The van der Waals surface area contributed by atoms with Crippen LogP contribution in [0, 0.1) is 0 Å². The molecule has 0 saturated heterocycles. The first-order chi connectivity index (χ1) is 17.6. The Morgan fingerprint density at radius 1 is 0.444 bits per heavy atom. The predicted octanol–water partition coefficient (Wildman–Crippen LogP) is 5.54. The number of hydrogen-bond donors (Lipinski definition) is 2. The average molecular weight is 492 g/mol. The van der Waals surface area contributed by atoms with E-state index in [9.17, 15) is 10.2 Å². The van der Waals surface area contributed by atoms with Crippen molar-refractivity contribution < 1.29 is 10.2 Å². The number of benzene rings is 5. The van der Waals surface area contributed by atoms with Crippen LogP contribution in [-0.2, 0) is 5.79 Å². The van der Waals surface area contributed by atoms with Gasteiger partial charge in [-0.1, -0.05) is 110 Å². The highest BCUT2D eigenvalue weighted by atomic mass is 31.2. The van der Waals surface area contributed by atoms with Crippen molar-refractivity contribution in [1.82, 2.24) is 0 Å². The van der Waals surface area contributed by atoms with Crippen molar-refractivity contribution in [3.63, 3.8) is 0 Å². The van der Waals surface area contributed by atoms with E-state index < -0.39 is 13.0 Å². The molecule has 5 rings (SSSR count). The molecule has 5 aromatic rings. The Labute approximate surface area is 214 Å². The molecule has 5 aromatic carbocycles. The fourth-order valence-corrected chi connectivity index (χ4v) is 8.68. The first-order valence-electron chi connectivity index (χ1n) is 12.2. The lowest BCUT2D eigenvalue weighted by Gasteiger charge is -2.27. The molecule has 36 heavy (non-hydrogen) atoms. The van der Waals surface area contributed by atoms with Crippen LogP contribution in [0.4, 0.5) is 0 Å². The molecule has 2 nitrogen and oxygen atoms in total. The number of rotatable bonds is 6. The van der Waals surface area contributed by atoms with Gasteiger partial charge in [-0.15, -0.1) is 0 Å². The number of aliphatic hydroxyl groups is 2. The predicted molar refractivity (Wildman–Crippen MR) is 154 cm³/mol. The molecule has 0 saturated carbocycles. The van der Waals surface area contributed by atoms with Gasteiger partial charge in [-0.3, -0.25) is 0 Å². The Balaban J connectivity index is 0.000000233. The van der Waals surface area contributed by atoms with E-state index in [2.05, 4.69) is 121 Å². The molecule has 0 bridgehead atoms. The van der Waals surface area contributed by atoms with Gasteiger partial charge in [-0.05, 0) is 48.5 Å². The summed E-state index contributed by atoms with van der Waals surface area (Å²) in [6, 6.07) is 52.6. The van der Waals surface area contributed by atoms with Crippen LogP contribution in [-0.4, -0.2) is 10.2 Å². The van der Waals surface area contributed by atoms with Crippen molar-refractivity contribution in [2.75, 3.05) is 0 Å². The molecule has 2 N–H and O–H groups in total. The summed E-state index contributed by atoms with van der Waals surface area (Å²) >= 11 is 0. The molecule has 180 valence electrons. The van der Waals surface area contributed by atoms with E-state index in [0.29, 0.717) is 12.0 Å². The highest BCUT2D eigenvalue weighted by molar-refractivity contribution is 8.01. The maximum Gasteiger partial charge on any atom is 0.189 e. The minimum absolute atomic E-state index is 0.303. The van der Waals surface area contributed by atoms with Gasteiger partial charge in [0.15, 0.2) is 5.79 Å². The van der Waals surface area contributed by atoms with E-state index in [0.717, 1.165) is 0 Å². The highest BCUT2D eigenvalue weighted by Crippen LogP contribution is 2.53. The van der Waals surface area contributed by atoms with Gasteiger partial charge in [-0.2, -0.15) is 0 Å². The lowest BCUT2D eigenvalue weighted by molar-refractivity contribution is -0.171. The van der Waals surface area contributed by atoms with Crippen molar-refractivity contribution in [2.45, 2.75) is 19.1 Å². The van der Waals surface area contributed by atoms with Gasteiger partial charge < -0.3 is 10.2 Å². The van der Waals surface area contributed by atoms with E-state index >= 15 is 0 Å². The van der Waals surface area contributed by atoms with Crippen LogP contribution in [0.5, 0.6) is 0 Å². The Bertz CT molecular complexity index is 1140. The summed E-state index contributed by atoms with van der Waals surface area (Å²) in [5, 5.41) is 24.3. The smallest absolute Gasteiger partial charge is 0.189 e. The molecule has 0 aliphatic heterocycles. The molecule has 0 atom stereocenters. The second kappa shape index (κ2) is 11.9. The van der Waals surface area contributed by atoms with Crippen molar-refractivity contribution in [1.29, 1.82) is 0 Å².